The van der Waals surface area contributed by atoms with E-state index in [2.05, 4.69) is 5.10 Å². The molecule has 0 saturated carbocycles. The molecule has 3 aromatic rings. The second-order valence-corrected chi connectivity index (χ2v) is 7.90. The average Bonchev–Trinajstić information content (AvgIpc) is 3.17. The van der Waals surface area contributed by atoms with Crippen LogP contribution in [0.5, 0.6) is 0 Å². The Morgan fingerprint density at radius 1 is 1.27 bits per heavy atom. The van der Waals surface area contributed by atoms with Gasteiger partial charge in [0.05, 0.1) is 16.3 Å². The SMILES string of the molecule is Cc1nn(-c2ccc(Cl)cc2)c2sc(C(=O)N3CCC(N)CC3)cc12.Cl. The smallest absolute Gasteiger partial charge is 0.264 e. The lowest BCUT2D eigenvalue weighted by atomic mass is 10.1. The molecule has 8 heteroatoms. The number of nitrogens with two attached hydrogens (primary N) is 1. The van der Waals surface area contributed by atoms with Gasteiger partial charge < -0.3 is 10.6 Å². The Balaban J connectivity index is 0.00000196. The molecule has 0 spiro atoms. The van der Waals surface area contributed by atoms with E-state index < -0.39 is 0 Å². The number of aromatic nitrogens is 2. The lowest BCUT2D eigenvalue weighted by molar-refractivity contribution is 0.0720. The summed E-state index contributed by atoms with van der Waals surface area (Å²) in [6.45, 7) is 3.43. The molecule has 26 heavy (non-hydrogen) atoms. The minimum Gasteiger partial charge on any atom is -0.338 e. The van der Waals surface area contributed by atoms with Crippen molar-refractivity contribution >= 4 is 51.5 Å². The second-order valence-electron chi connectivity index (χ2n) is 6.43. The van der Waals surface area contributed by atoms with Crippen LogP contribution in [0.4, 0.5) is 0 Å². The quantitative estimate of drug-likeness (QED) is 0.693. The summed E-state index contributed by atoms with van der Waals surface area (Å²) in [6.07, 6.45) is 1.74. The molecule has 1 aromatic carbocycles. The first-order valence-corrected chi connectivity index (χ1v) is 9.52. The second kappa shape index (κ2) is 7.56. The van der Waals surface area contributed by atoms with Crippen molar-refractivity contribution in [2.75, 3.05) is 13.1 Å². The Labute approximate surface area is 167 Å². The van der Waals surface area contributed by atoms with Gasteiger partial charge in [-0.1, -0.05) is 11.6 Å². The lowest BCUT2D eigenvalue weighted by Crippen LogP contribution is -2.42. The molecule has 0 atom stereocenters. The third-order valence-corrected chi connectivity index (χ3v) is 6.00. The Morgan fingerprint density at radius 3 is 2.58 bits per heavy atom. The number of aryl methyl sites for hydroxylation is 1. The Bertz CT molecular complexity index is 927. The molecule has 3 heterocycles. The molecule has 2 N–H and O–H groups in total. The van der Waals surface area contributed by atoms with Crippen LogP contribution in [0.15, 0.2) is 30.3 Å². The Morgan fingerprint density at radius 2 is 1.92 bits per heavy atom. The number of halogens is 2. The molecule has 2 aromatic heterocycles. The van der Waals surface area contributed by atoms with Crippen LogP contribution in [0.1, 0.15) is 28.2 Å². The number of piperidine rings is 1. The third-order valence-electron chi connectivity index (χ3n) is 4.65. The molecule has 1 saturated heterocycles. The summed E-state index contributed by atoms with van der Waals surface area (Å²) in [5.74, 6) is 0.0927. The first-order chi connectivity index (χ1) is 12.0. The normalized spacial score (nSPS) is 15.3. The average molecular weight is 411 g/mol. The topological polar surface area (TPSA) is 64.2 Å². The van der Waals surface area contributed by atoms with Gasteiger partial charge >= 0.3 is 0 Å². The van der Waals surface area contributed by atoms with Crippen LogP contribution >= 0.6 is 35.3 Å². The predicted molar refractivity (Wildman–Crippen MR) is 109 cm³/mol. The first-order valence-electron chi connectivity index (χ1n) is 8.33. The zero-order valence-corrected chi connectivity index (χ0v) is 16.7. The van der Waals surface area contributed by atoms with Crippen molar-refractivity contribution in [3.63, 3.8) is 0 Å². The molecular weight excluding hydrogens is 391 g/mol. The zero-order chi connectivity index (χ0) is 17.6. The fourth-order valence-electron chi connectivity index (χ4n) is 3.17. The predicted octanol–water partition coefficient (Wildman–Crippen LogP) is 4.03. The van der Waals surface area contributed by atoms with E-state index in [1.807, 2.05) is 46.8 Å². The van der Waals surface area contributed by atoms with Crippen LogP contribution in [0.2, 0.25) is 5.02 Å². The molecule has 1 aliphatic heterocycles. The van der Waals surface area contributed by atoms with Crippen molar-refractivity contribution in [1.29, 1.82) is 0 Å². The molecule has 4 rings (SSSR count). The van der Waals surface area contributed by atoms with Crippen molar-refractivity contribution in [2.24, 2.45) is 5.73 Å². The molecule has 1 aliphatic rings. The van der Waals surface area contributed by atoms with Crippen LogP contribution in [-0.2, 0) is 0 Å². The number of fused-ring (bicyclic) bond motifs is 1. The lowest BCUT2D eigenvalue weighted by Gasteiger charge is -2.29. The standard InChI is InChI=1S/C18H19ClN4OS.ClH/c1-11-15-10-16(17(24)22-8-6-13(20)7-9-22)25-18(15)23(21-11)14-4-2-12(19)3-5-14;/h2-5,10,13H,6-9,20H2,1H3;1H. The maximum atomic E-state index is 12.8. The van der Waals surface area contributed by atoms with E-state index in [1.54, 1.807) is 0 Å². The molecule has 0 bridgehead atoms. The number of carbonyl (C=O) groups is 1. The summed E-state index contributed by atoms with van der Waals surface area (Å²) in [5.41, 5.74) is 7.79. The van der Waals surface area contributed by atoms with Gasteiger partial charge in [0.25, 0.3) is 5.91 Å². The van der Waals surface area contributed by atoms with E-state index >= 15 is 0 Å². The van der Waals surface area contributed by atoms with Crippen LogP contribution in [-0.4, -0.2) is 39.7 Å². The zero-order valence-electron chi connectivity index (χ0n) is 14.3. The molecule has 0 unspecified atom stereocenters. The number of benzene rings is 1. The van der Waals surface area contributed by atoms with Gasteiger partial charge in [0, 0.05) is 29.5 Å². The highest BCUT2D eigenvalue weighted by Crippen LogP contribution is 2.31. The first kappa shape index (κ1) is 19.2. The van der Waals surface area contributed by atoms with Crippen LogP contribution < -0.4 is 5.73 Å². The summed E-state index contributed by atoms with van der Waals surface area (Å²) in [5, 5.41) is 6.33. The van der Waals surface area contributed by atoms with E-state index in [1.165, 1.54) is 11.3 Å². The van der Waals surface area contributed by atoms with Gasteiger partial charge in [-0.2, -0.15) is 5.10 Å². The number of hydrogen-bond donors (Lipinski definition) is 1. The van der Waals surface area contributed by atoms with Crippen LogP contribution in [0, 0.1) is 6.92 Å². The van der Waals surface area contributed by atoms with E-state index in [4.69, 9.17) is 17.3 Å². The van der Waals surface area contributed by atoms with Gasteiger partial charge in [0.15, 0.2) is 0 Å². The number of rotatable bonds is 2. The van der Waals surface area contributed by atoms with E-state index in [0.717, 1.165) is 52.4 Å². The summed E-state index contributed by atoms with van der Waals surface area (Å²) < 4.78 is 1.88. The van der Waals surface area contributed by atoms with Gasteiger partial charge in [0.2, 0.25) is 0 Å². The van der Waals surface area contributed by atoms with Crippen LogP contribution in [0.25, 0.3) is 15.9 Å². The number of nitrogens with zero attached hydrogens (tertiary/aromatic N) is 3. The number of thiophene rings is 1. The van der Waals surface area contributed by atoms with Gasteiger partial charge in [-0.3, -0.25) is 4.79 Å². The van der Waals surface area contributed by atoms with Crippen molar-refractivity contribution < 1.29 is 4.79 Å². The highest BCUT2D eigenvalue weighted by Gasteiger charge is 2.24. The van der Waals surface area contributed by atoms with E-state index in [0.29, 0.717) is 5.02 Å². The molecule has 1 fully saturated rings. The number of hydrogen-bond acceptors (Lipinski definition) is 4. The number of likely N-dealkylation sites (tertiary alicyclic amines) is 1. The van der Waals surface area contributed by atoms with Crippen molar-refractivity contribution in [3.05, 3.63) is 45.9 Å². The van der Waals surface area contributed by atoms with Crippen molar-refractivity contribution in [2.45, 2.75) is 25.8 Å². The molecule has 0 radical (unpaired) electrons. The minimum absolute atomic E-state index is 0. The molecular formula is C18H20Cl2N4OS. The van der Waals surface area contributed by atoms with Crippen molar-refractivity contribution in [3.8, 4) is 5.69 Å². The third kappa shape index (κ3) is 3.47. The monoisotopic (exact) mass is 410 g/mol. The Kier molecular flexibility index (Phi) is 5.58. The fourth-order valence-corrected chi connectivity index (χ4v) is 4.45. The highest BCUT2D eigenvalue weighted by atomic mass is 35.5. The summed E-state index contributed by atoms with van der Waals surface area (Å²) in [7, 11) is 0. The molecule has 0 aliphatic carbocycles. The largest absolute Gasteiger partial charge is 0.338 e. The molecule has 5 nitrogen and oxygen atoms in total. The summed E-state index contributed by atoms with van der Waals surface area (Å²) in [6, 6.07) is 9.73. The van der Waals surface area contributed by atoms with E-state index in [9.17, 15) is 4.79 Å². The highest BCUT2D eigenvalue weighted by molar-refractivity contribution is 7.20. The minimum atomic E-state index is 0. The van der Waals surface area contributed by atoms with Gasteiger partial charge in [-0.05, 0) is 50.1 Å². The van der Waals surface area contributed by atoms with Crippen LogP contribution in [0.3, 0.4) is 0 Å². The van der Waals surface area contributed by atoms with Gasteiger partial charge in [-0.15, -0.1) is 23.7 Å². The maximum Gasteiger partial charge on any atom is 0.264 e. The Hall–Kier alpha value is -1.60. The summed E-state index contributed by atoms with van der Waals surface area (Å²) in [4.78, 5) is 16.5. The van der Waals surface area contributed by atoms with Gasteiger partial charge in [-0.25, -0.2) is 4.68 Å². The van der Waals surface area contributed by atoms with Gasteiger partial charge in [0.1, 0.15) is 4.83 Å². The molecule has 138 valence electrons. The number of amides is 1. The fraction of sp³-hybridized carbons (Fsp3) is 0.333. The van der Waals surface area contributed by atoms with Crippen molar-refractivity contribution in [1.82, 2.24) is 14.7 Å². The maximum absolute atomic E-state index is 12.8. The number of carbonyl (C=O) groups excluding carboxylic acids is 1. The summed E-state index contributed by atoms with van der Waals surface area (Å²) >= 11 is 7.47. The molecule has 1 amide bonds. The van der Waals surface area contributed by atoms with E-state index in [-0.39, 0.29) is 24.4 Å².